The number of halogens is 1. The second kappa shape index (κ2) is 12.0. The first kappa shape index (κ1) is 25.8. The van der Waals surface area contributed by atoms with Crippen molar-refractivity contribution in [3.63, 3.8) is 0 Å². The Hall–Kier alpha value is -2.84. The number of carbonyl (C=O) groups is 2. The van der Waals surface area contributed by atoms with E-state index in [2.05, 4.69) is 21.2 Å². The van der Waals surface area contributed by atoms with Crippen LogP contribution in [0.1, 0.15) is 40.6 Å². The van der Waals surface area contributed by atoms with Crippen LogP contribution in [-0.4, -0.2) is 32.2 Å². The summed E-state index contributed by atoms with van der Waals surface area (Å²) in [7, 11) is 1.34. The van der Waals surface area contributed by atoms with Crippen LogP contribution < -0.4 is 14.8 Å². The lowest BCUT2D eigenvalue weighted by atomic mass is 10.0. The summed E-state index contributed by atoms with van der Waals surface area (Å²) in [6.45, 7) is 6.84. The van der Waals surface area contributed by atoms with Gasteiger partial charge in [0.2, 0.25) is 5.91 Å². The monoisotopic (exact) mass is 545 g/mol. The van der Waals surface area contributed by atoms with Gasteiger partial charge in [0.25, 0.3) is 0 Å². The molecule has 0 aliphatic rings. The summed E-state index contributed by atoms with van der Waals surface area (Å²) in [6, 6.07) is 13.4. The predicted molar refractivity (Wildman–Crippen MR) is 139 cm³/mol. The van der Waals surface area contributed by atoms with Crippen LogP contribution in [0, 0.1) is 13.8 Å². The number of benzene rings is 2. The summed E-state index contributed by atoms with van der Waals surface area (Å²) < 4.78 is 17.2. The molecule has 180 valence electrons. The van der Waals surface area contributed by atoms with Crippen LogP contribution in [0.3, 0.4) is 0 Å². The average Bonchev–Trinajstić information content (AvgIpc) is 3.13. The normalized spacial score (nSPS) is 10.6. The molecule has 34 heavy (non-hydrogen) atoms. The Kier molecular flexibility index (Phi) is 9.12. The number of esters is 1. The number of hydrogen-bond donors (Lipinski definition) is 1. The minimum Gasteiger partial charge on any atom is -0.494 e. The van der Waals surface area contributed by atoms with Gasteiger partial charge in [-0.05, 0) is 78.5 Å². The third-order valence-electron chi connectivity index (χ3n) is 5.07. The summed E-state index contributed by atoms with van der Waals surface area (Å²) >= 11 is 4.85. The second-order valence-electron chi connectivity index (χ2n) is 7.62. The fourth-order valence-electron chi connectivity index (χ4n) is 3.49. The third-order valence-corrected chi connectivity index (χ3v) is 6.71. The van der Waals surface area contributed by atoms with Crippen molar-refractivity contribution in [3.05, 3.63) is 62.9 Å². The Morgan fingerprint density at radius 2 is 1.79 bits per heavy atom. The standard InChI is InChI=1S/C26H28BrNO5S/c1-5-32-19-11-9-18(10-12-19)23-17(3)34-25(24(23)26(30)31-4)28-22(29)7-6-14-33-21-13-8-16(2)15-20(21)27/h8-13,15H,5-7,14H2,1-4H3,(H,28,29). The lowest BCUT2D eigenvalue weighted by Gasteiger charge is -2.10. The number of amides is 1. The van der Waals surface area contributed by atoms with Crippen LogP contribution in [0.2, 0.25) is 0 Å². The number of rotatable bonds is 10. The minimum atomic E-state index is -0.490. The molecule has 0 spiro atoms. The van der Waals surface area contributed by atoms with Gasteiger partial charge in [-0.3, -0.25) is 4.79 Å². The van der Waals surface area contributed by atoms with Gasteiger partial charge < -0.3 is 19.5 Å². The van der Waals surface area contributed by atoms with E-state index in [4.69, 9.17) is 14.2 Å². The first-order chi connectivity index (χ1) is 16.3. The number of anilines is 1. The van der Waals surface area contributed by atoms with Gasteiger partial charge in [-0.15, -0.1) is 11.3 Å². The highest BCUT2D eigenvalue weighted by Gasteiger charge is 2.25. The quantitative estimate of drug-likeness (QED) is 0.224. The fourth-order valence-corrected chi connectivity index (χ4v) is 5.18. The number of nitrogens with one attached hydrogen (secondary N) is 1. The number of hydrogen-bond acceptors (Lipinski definition) is 6. The van der Waals surface area contributed by atoms with Gasteiger partial charge in [-0.2, -0.15) is 0 Å². The summed E-state index contributed by atoms with van der Waals surface area (Å²) in [5, 5.41) is 3.38. The maximum atomic E-state index is 12.6. The van der Waals surface area contributed by atoms with Gasteiger partial charge >= 0.3 is 5.97 Å². The molecule has 0 fully saturated rings. The predicted octanol–water partition coefficient (Wildman–Crippen LogP) is 6.78. The van der Waals surface area contributed by atoms with Crippen molar-refractivity contribution in [2.75, 3.05) is 25.6 Å². The highest BCUT2D eigenvalue weighted by atomic mass is 79.9. The van der Waals surface area contributed by atoms with Crippen molar-refractivity contribution in [3.8, 4) is 22.6 Å². The van der Waals surface area contributed by atoms with Crippen LogP contribution in [-0.2, 0) is 9.53 Å². The Labute approximate surface area is 212 Å². The van der Waals surface area contributed by atoms with Gasteiger partial charge in [-0.25, -0.2) is 4.79 Å². The number of ether oxygens (including phenoxy) is 3. The lowest BCUT2D eigenvalue weighted by Crippen LogP contribution is -2.15. The molecule has 2 aromatic carbocycles. The molecule has 6 nitrogen and oxygen atoms in total. The van der Waals surface area contributed by atoms with Gasteiger partial charge in [-0.1, -0.05) is 18.2 Å². The van der Waals surface area contributed by atoms with Crippen LogP contribution >= 0.6 is 27.3 Å². The van der Waals surface area contributed by atoms with Gasteiger partial charge in [0.05, 0.1) is 24.8 Å². The van der Waals surface area contributed by atoms with E-state index in [-0.39, 0.29) is 12.3 Å². The molecular weight excluding hydrogens is 518 g/mol. The van der Waals surface area contributed by atoms with Gasteiger partial charge in [0.1, 0.15) is 22.1 Å². The molecule has 1 aromatic heterocycles. The molecular formula is C26H28BrNO5S. The Bertz CT molecular complexity index is 1160. The molecule has 1 heterocycles. The molecule has 0 radical (unpaired) electrons. The average molecular weight is 546 g/mol. The molecule has 0 atom stereocenters. The van der Waals surface area contributed by atoms with E-state index < -0.39 is 5.97 Å². The molecule has 8 heteroatoms. The number of methoxy groups -OCH3 is 1. The molecule has 0 bridgehead atoms. The zero-order valence-corrected chi connectivity index (χ0v) is 22.1. The Morgan fingerprint density at radius 3 is 2.44 bits per heavy atom. The van der Waals surface area contributed by atoms with Gasteiger partial charge in [0, 0.05) is 16.9 Å². The van der Waals surface area contributed by atoms with Crippen molar-refractivity contribution in [1.29, 1.82) is 0 Å². The minimum absolute atomic E-state index is 0.184. The Balaban J connectivity index is 1.69. The van der Waals surface area contributed by atoms with E-state index in [1.807, 2.05) is 63.2 Å². The summed E-state index contributed by atoms with van der Waals surface area (Å²) in [6.07, 6.45) is 0.801. The molecule has 1 N–H and O–H groups in total. The molecule has 1 amide bonds. The number of aryl methyl sites for hydroxylation is 2. The van der Waals surface area contributed by atoms with E-state index in [1.54, 1.807) is 0 Å². The zero-order chi connectivity index (χ0) is 24.7. The van der Waals surface area contributed by atoms with E-state index in [1.165, 1.54) is 18.4 Å². The molecule has 0 saturated carbocycles. The molecule has 3 rings (SSSR count). The SMILES string of the molecule is CCOc1ccc(-c2c(C)sc(NC(=O)CCCOc3ccc(C)cc3Br)c2C(=O)OC)cc1. The van der Waals surface area contributed by atoms with Crippen molar-refractivity contribution in [1.82, 2.24) is 0 Å². The fraction of sp³-hybridized carbons (Fsp3) is 0.308. The van der Waals surface area contributed by atoms with Crippen LogP contribution in [0.25, 0.3) is 11.1 Å². The molecule has 0 unspecified atom stereocenters. The maximum absolute atomic E-state index is 12.6. The first-order valence-corrected chi connectivity index (χ1v) is 12.6. The molecule has 0 aliphatic carbocycles. The lowest BCUT2D eigenvalue weighted by molar-refractivity contribution is -0.116. The number of thiophene rings is 1. The maximum Gasteiger partial charge on any atom is 0.341 e. The van der Waals surface area contributed by atoms with Crippen molar-refractivity contribution in [2.24, 2.45) is 0 Å². The van der Waals surface area contributed by atoms with E-state index >= 15 is 0 Å². The van der Waals surface area contributed by atoms with Crippen molar-refractivity contribution < 1.29 is 23.8 Å². The largest absolute Gasteiger partial charge is 0.494 e. The summed E-state index contributed by atoms with van der Waals surface area (Å²) in [5.41, 5.74) is 3.11. The Morgan fingerprint density at radius 1 is 1.06 bits per heavy atom. The highest BCUT2D eigenvalue weighted by molar-refractivity contribution is 9.10. The molecule has 3 aromatic rings. The first-order valence-electron chi connectivity index (χ1n) is 11.0. The smallest absolute Gasteiger partial charge is 0.341 e. The molecule has 0 aliphatic heterocycles. The van der Waals surface area contributed by atoms with E-state index in [0.29, 0.717) is 30.2 Å². The van der Waals surface area contributed by atoms with Crippen molar-refractivity contribution in [2.45, 2.75) is 33.6 Å². The van der Waals surface area contributed by atoms with Crippen LogP contribution in [0.4, 0.5) is 5.00 Å². The summed E-state index contributed by atoms with van der Waals surface area (Å²) in [5.74, 6) is 0.826. The van der Waals surface area contributed by atoms with Crippen molar-refractivity contribution >= 4 is 44.1 Å². The van der Waals surface area contributed by atoms with E-state index in [0.717, 1.165) is 37.5 Å². The highest BCUT2D eigenvalue weighted by Crippen LogP contribution is 2.41. The second-order valence-corrected chi connectivity index (χ2v) is 9.70. The van der Waals surface area contributed by atoms with Crippen LogP contribution in [0.5, 0.6) is 11.5 Å². The van der Waals surface area contributed by atoms with Crippen LogP contribution in [0.15, 0.2) is 46.9 Å². The zero-order valence-electron chi connectivity index (χ0n) is 19.7. The molecule has 0 saturated heterocycles. The third kappa shape index (κ3) is 6.39. The van der Waals surface area contributed by atoms with Gasteiger partial charge in [0.15, 0.2) is 0 Å². The van der Waals surface area contributed by atoms with E-state index in [9.17, 15) is 9.59 Å². The number of carbonyl (C=O) groups excluding carboxylic acids is 2. The topological polar surface area (TPSA) is 73.9 Å². The summed E-state index contributed by atoms with van der Waals surface area (Å²) in [4.78, 5) is 26.2.